The molecule has 3 heteroatoms. The lowest BCUT2D eigenvalue weighted by Crippen LogP contribution is -2.30. The van der Waals surface area contributed by atoms with Crippen molar-refractivity contribution in [1.82, 2.24) is 4.90 Å². The fourth-order valence-electron chi connectivity index (χ4n) is 2.94. The number of pyridine rings is 1. The Morgan fingerprint density at radius 1 is 1.21 bits per heavy atom. The highest BCUT2D eigenvalue weighted by Crippen LogP contribution is 2.18. The summed E-state index contributed by atoms with van der Waals surface area (Å²) in [5, 5.41) is 9.72. The molecule has 0 amide bonds. The van der Waals surface area contributed by atoms with Crippen LogP contribution in [0.25, 0.3) is 6.08 Å². The second kappa shape index (κ2) is 9.43. The van der Waals surface area contributed by atoms with Gasteiger partial charge in [0.1, 0.15) is 6.54 Å². The Balaban J connectivity index is 2.06. The molecule has 3 nitrogen and oxygen atoms in total. The molecule has 2 heterocycles. The van der Waals surface area contributed by atoms with Crippen LogP contribution in [-0.2, 0) is 6.54 Å². The second-order valence-electron chi connectivity index (χ2n) is 6.29. The number of rotatable bonds is 7. The minimum atomic E-state index is -0.168. The first kappa shape index (κ1) is 18.5. The Bertz CT molecular complexity index is 599. The lowest BCUT2D eigenvalue weighted by molar-refractivity contribution is -0.693. The molecule has 0 radical (unpaired) electrons. The highest BCUT2D eigenvalue weighted by atomic mass is 16.3. The molecule has 1 aromatic heterocycles. The van der Waals surface area contributed by atoms with Crippen LogP contribution in [-0.4, -0.2) is 29.2 Å². The Kier molecular flexibility index (Phi) is 7.26. The van der Waals surface area contributed by atoms with Crippen LogP contribution in [0.5, 0.6) is 0 Å². The first-order valence-electron chi connectivity index (χ1n) is 9.16. The SMILES string of the molecule is CCC(/C=C/c1cc[n+](CC)cc1)=C\C=C(/CC)N1CCC(O)C1. The van der Waals surface area contributed by atoms with Crippen molar-refractivity contribution in [3.63, 3.8) is 0 Å². The van der Waals surface area contributed by atoms with E-state index in [-0.39, 0.29) is 6.10 Å². The Hall–Kier alpha value is -1.87. The number of aryl methyl sites for hydroxylation is 1. The molecule has 130 valence electrons. The predicted molar refractivity (Wildman–Crippen MR) is 100 cm³/mol. The van der Waals surface area contributed by atoms with Gasteiger partial charge in [-0.2, -0.15) is 0 Å². The first-order valence-corrected chi connectivity index (χ1v) is 9.16. The first-order chi connectivity index (χ1) is 11.7. The van der Waals surface area contributed by atoms with Gasteiger partial charge in [-0.05, 0) is 43.4 Å². The number of aromatic nitrogens is 1. The molecular formula is C21H31N2O+. The van der Waals surface area contributed by atoms with E-state index in [0.717, 1.165) is 38.9 Å². The molecule has 0 saturated carbocycles. The third kappa shape index (κ3) is 5.34. The molecule has 1 saturated heterocycles. The summed E-state index contributed by atoms with van der Waals surface area (Å²) in [5.74, 6) is 0. The van der Waals surface area contributed by atoms with Crippen molar-refractivity contribution in [1.29, 1.82) is 0 Å². The van der Waals surface area contributed by atoms with Gasteiger partial charge in [-0.3, -0.25) is 0 Å². The summed E-state index contributed by atoms with van der Waals surface area (Å²) in [7, 11) is 0. The van der Waals surface area contributed by atoms with E-state index in [2.05, 4.69) is 79.1 Å². The summed E-state index contributed by atoms with van der Waals surface area (Å²) < 4.78 is 2.16. The van der Waals surface area contributed by atoms with Gasteiger partial charge in [0.15, 0.2) is 12.4 Å². The Labute approximate surface area is 146 Å². The number of aliphatic hydroxyl groups is 1. The molecule has 24 heavy (non-hydrogen) atoms. The minimum Gasteiger partial charge on any atom is -0.391 e. The van der Waals surface area contributed by atoms with Gasteiger partial charge in [0.05, 0.1) is 6.10 Å². The van der Waals surface area contributed by atoms with Gasteiger partial charge in [0, 0.05) is 30.9 Å². The topological polar surface area (TPSA) is 27.4 Å². The van der Waals surface area contributed by atoms with E-state index in [1.165, 1.54) is 16.8 Å². The summed E-state index contributed by atoms with van der Waals surface area (Å²) in [4.78, 5) is 2.30. The summed E-state index contributed by atoms with van der Waals surface area (Å²) in [6.07, 6.45) is 15.8. The summed E-state index contributed by atoms with van der Waals surface area (Å²) >= 11 is 0. The van der Waals surface area contributed by atoms with Gasteiger partial charge < -0.3 is 10.0 Å². The number of β-amino-alcohol motifs (C(OH)–C–C–N with tert-alkyl or cyclic N) is 1. The van der Waals surface area contributed by atoms with Crippen molar-refractivity contribution in [2.75, 3.05) is 13.1 Å². The fraction of sp³-hybridized carbons (Fsp3) is 0.476. The monoisotopic (exact) mass is 327 g/mol. The van der Waals surface area contributed by atoms with Crippen LogP contribution < -0.4 is 4.57 Å². The number of allylic oxidation sites excluding steroid dienone is 5. The molecular weight excluding hydrogens is 296 g/mol. The van der Waals surface area contributed by atoms with Crippen molar-refractivity contribution in [3.05, 3.63) is 59.6 Å². The Morgan fingerprint density at radius 3 is 2.50 bits per heavy atom. The highest BCUT2D eigenvalue weighted by Gasteiger charge is 2.20. The van der Waals surface area contributed by atoms with Crippen LogP contribution >= 0.6 is 0 Å². The van der Waals surface area contributed by atoms with Gasteiger partial charge in [-0.15, -0.1) is 0 Å². The molecule has 1 aromatic rings. The zero-order valence-corrected chi connectivity index (χ0v) is 15.3. The molecule has 1 fully saturated rings. The molecule has 0 aromatic carbocycles. The quantitative estimate of drug-likeness (QED) is 0.611. The van der Waals surface area contributed by atoms with Crippen molar-refractivity contribution in [2.45, 2.75) is 52.7 Å². The third-order valence-electron chi connectivity index (χ3n) is 4.60. The summed E-state index contributed by atoms with van der Waals surface area (Å²) in [5.41, 5.74) is 3.85. The third-order valence-corrected chi connectivity index (χ3v) is 4.60. The largest absolute Gasteiger partial charge is 0.391 e. The number of nitrogens with zero attached hydrogens (tertiary/aromatic N) is 2. The van der Waals surface area contributed by atoms with E-state index >= 15 is 0 Å². The number of aliphatic hydroxyl groups excluding tert-OH is 1. The van der Waals surface area contributed by atoms with Gasteiger partial charge in [-0.1, -0.05) is 32.1 Å². The predicted octanol–water partition coefficient (Wildman–Crippen LogP) is 3.70. The lowest BCUT2D eigenvalue weighted by atomic mass is 10.1. The molecule has 1 unspecified atom stereocenters. The average Bonchev–Trinajstić information content (AvgIpc) is 3.04. The van der Waals surface area contributed by atoms with Crippen LogP contribution in [0.3, 0.4) is 0 Å². The van der Waals surface area contributed by atoms with E-state index in [0.29, 0.717) is 0 Å². The van der Waals surface area contributed by atoms with Crippen molar-refractivity contribution in [2.24, 2.45) is 0 Å². The Morgan fingerprint density at radius 2 is 1.96 bits per heavy atom. The van der Waals surface area contributed by atoms with Crippen molar-refractivity contribution >= 4 is 6.08 Å². The van der Waals surface area contributed by atoms with E-state index in [1.54, 1.807) is 0 Å². The maximum Gasteiger partial charge on any atom is 0.169 e. The maximum atomic E-state index is 9.72. The van der Waals surface area contributed by atoms with Gasteiger partial charge in [-0.25, -0.2) is 4.57 Å². The van der Waals surface area contributed by atoms with Crippen LogP contribution in [0.2, 0.25) is 0 Å². The smallest absolute Gasteiger partial charge is 0.169 e. The van der Waals surface area contributed by atoms with Crippen LogP contribution in [0.15, 0.2) is 54.0 Å². The van der Waals surface area contributed by atoms with Gasteiger partial charge in [0.2, 0.25) is 0 Å². The summed E-state index contributed by atoms with van der Waals surface area (Å²) in [6.45, 7) is 9.24. The van der Waals surface area contributed by atoms with Crippen LogP contribution in [0.1, 0.15) is 45.6 Å². The molecule has 1 atom stereocenters. The van der Waals surface area contributed by atoms with Crippen LogP contribution in [0.4, 0.5) is 0 Å². The fourth-order valence-corrected chi connectivity index (χ4v) is 2.94. The van der Waals surface area contributed by atoms with E-state index in [9.17, 15) is 5.11 Å². The molecule has 0 spiro atoms. The van der Waals surface area contributed by atoms with Crippen LogP contribution in [0, 0.1) is 0 Å². The lowest BCUT2D eigenvalue weighted by Gasteiger charge is -2.20. The molecule has 1 aliphatic heterocycles. The number of hydrogen-bond acceptors (Lipinski definition) is 2. The normalized spacial score (nSPS) is 19.5. The van der Waals surface area contributed by atoms with E-state index in [4.69, 9.17) is 0 Å². The molecule has 0 bridgehead atoms. The molecule has 2 rings (SSSR count). The maximum absolute atomic E-state index is 9.72. The van der Waals surface area contributed by atoms with Crippen molar-refractivity contribution < 1.29 is 9.67 Å². The second-order valence-corrected chi connectivity index (χ2v) is 6.29. The summed E-state index contributed by atoms with van der Waals surface area (Å²) in [6, 6.07) is 4.29. The average molecular weight is 327 g/mol. The van der Waals surface area contributed by atoms with Gasteiger partial charge >= 0.3 is 0 Å². The van der Waals surface area contributed by atoms with Crippen molar-refractivity contribution in [3.8, 4) is 0 Å². The molecule has 1 aliphatic rings. The van der Waals surface area contributed by atoms with E-state index in [1.807, 2.05) is 0 Å². The van der Waals surface area contributed by atoms with Gasteiger partial charge in [0.25, 0.3) is 0 Å². The number of likely N-dealkylation sites (tertiary alicyclic amines) is 1. The van der Waals surface area contributed by atoms with E-state index < -0.39 is 0 Å². The molecule has 1 N–H and O–H groups in total. The minimum absolute atomic E-state index is 0.168. The highest BCUT2D eigenvalue weighted by molar-refractivity contribution is 5.52. The zero-order chi connectivity index (χ0) is 17.4. The molecule has 0 aliphatic carbocycles. The standard InChI is InChI=1S/C21H31N2O/c1-4-18(7-8-19-11-14-22(6-3)15-12-19)9-10-20(5-2)23-16-13-21(24)17-23/h7-12,14-15,21,24H,4-6,13,16-17H2,1-3H3/q+1. The zero-order valence-electron chi connectivity index (χ0n) is 15.3. The number of hydrogen-bond donors (Lipinski definition) is 1.